The molecule has 0 N–H and O–H groups in total. The van der Waals surface area contributed by atoms with E-state index >= 15 is 0 Å². The molecule has 1 nitrogen and oxygen atoms in total. The van der Waals surface area contributed by atoms with E-state index in [2.05, 4.69) is 11.7 Å². The van der Waals surface area contributed by atoms with Gasteiger partial charge in [-0.3, -0.25) is 0 Å². The van der Waals surface area contributed by atoms with Crippen molar-refractivity contribution in [3.05, 3.63) is 76.6 Å². The van der Waals surface area contributed by atoms with Gasteiger partial charge in [-0.2, -0.15) is 0 Å². The predicted octanol–water partition coefficient (Wildman–Crippen LogP) is 8.82. The third kappa shape index (κ3) is 5.18. The Hall–Kier alpha value is -2.70. The fraction of sp³-hybridized carbons (Fsp3) is 0.407. The standard InChI is InChI=1S/C27H26F6O/c1-2-3-4-5-6-17-9-11-20-21(12-8-16-7-10-19(28)15-22(16)20)25(17)18-13-23(29)26(24(30)14-18)34-27(31,32)33/h7-8,10,12-15,17,25H,2-6,9,11H2,1H3/t17-,25-/m1/s1. The number of fused-ring (bicyclic) bond motifs is 3. The van der Waals surface area contributed by atoms with E-state index in [-0.39, 0.29) is 17.3 Å². The molecule has 2 atom stereocenters. The van der Waals surface area contributed by atoms with Crippen molar-refractivity contribution < 1.29 is 31.1 Å². The summed E-state index contributed by atoms with van der Waals surface area (Å²) in [6.45, 7) is 2.11. The molecule has 0 heterocycles. The molecule has 1 aliphatic rings. The lowest BCUT2D eigenvalue weighted by atomic mass is 9.69. The molecule has 1 aliphatic carbocycles. The molecular weight excluding hydrogens is 454 g/mol. The van der Waals surface area contributed by atoms with Crippen LogP contribution < -0.4 is 4.74 Å². The maximum absolute atomic E-state index is 14.6. The lowest BCUT2D eigenvalue weighted by molar-refractivity contribution is -0.276. The molecule has 0 saturated carbocycles. The number of unbranched alkanes of at least 4 members (excludes halogenated alkanes) is 3. The van der Waals surface area contributed by atoms with Crippen LogP contribution in [0.2, 0.25) is 0 Å². The average molecular weight is 480 g/mol. The van der Waals surface area contributed by atoms with E-state index in [1.807, 2.05) is 12.1 Å². The van der Waals surface area contributed by atoms with Crippen LogP contribution in [0.15, 0.2) is 42.5 Å². The molecule has 0 aromatic heterocycles. The van der Waals surface area contributed by atoms with E-state index < -0.39 is 29.7 Å². The molecular formula is C27H26F6O. The van der Waals surface area contributed by atoms with Crippen LogP contribution in [0.4, 0.5) is 26.3 Å². The normalized spacial score (nSPS) is 18.2. The fourth-order valence-corrected chi connectivity index (χ4v) is 5.26. The number of hydrogen-bond acceptors (Lipinski definition) is 1. The molecule has 34 heavy (non-hydrogen) atoms. The van der Waals surface area contributed by atoms with Gasteiger partial charge in [0.2, 0.25) is 5.75 Å². The van der Waals surface area contributed by atoms with E-state index in [4.69, 9.17) is 0 Å². The van der Waals surface area contributed by atoms with Gasteiger partial charge in [-0.25, -0.2) is 13.2 Å². The van der Waals surface area contributed by atoms with Gasteiger partial charge in [0.15, 0.2) is 11.6 Å². The highest BCUT2D eigenvalue weighted by Gasteiger charge is 2.36. The summed E-state index contributed by atoms with van der Waals surface area (Å²) in [4.78, 5) is 0. The van der Waals surface area contributed by atoms with Crippen molar-refractivity contribution in [3.63, 3.8) is 0 Å². The first-order valence-electron chi connectivity index (χ1n) is 11.6. The Bertz CT molecular complexity index is 1150. The molecule has 3 aromatic rings. The van der Waals surface area contributed by atoms with Gasteiger partial charge in [0.05, 0.1) is 0 Å². The van der Waals surface area contributed by atoms with Gasteiger partial charge < -0.3 is 4.74 Å². The van der Waals surface area contributed by atoms with Gasteiger partial charge in [-0.1, -0.05) is 50.8 Å². The second-order valence-corrected chi connectivity index (χ2v) is 8.99. The number of aryl methyl sites for hydroxylation is 1. The zero-order valence-electron chi connectivity index (χ0n) is 18.8. The minimum Gasteiger partial charge on any atom is -0.399 e. The summed E-state index contributed by atoms with van der Waals surface area (Å²) < 4.78 is 84.7. The second kappa shape index (κ2) is 9.88. The van der Waals surface area contributed by atoms with E-state index in [0.717, 1.165) is 72.6 Å². The van der Waals surface area contributed by atoms with Crippen molar-refractivity contribution in [2.45, 2.75) is 64.1 Å². The van der Waals surface area contributed by atoms with E-state index in [9.17, 15) is 26.3 Å². The molecule has 182 valence electrons. The summed E-state index contributed by atoms with van der Waals surface area (Å²) in [7, 11) is 0. The fourth-order valence-electron chi connectivity index (χ4n) is 5.26. The predicted molar refractivity (Wildman–Crippen MR) is 119 cm³/mol. The zero-order valence-corrected chi connectivity index (χ0v) is 18.8. The van der Waals surface area contributed by atoms with Gasteiger partial charge in [0.25, 0.3) is 0 Å². The Labute approximate surface area is 194 Å². The largest absolute Gasteiger partial charge is 0.573 e. The number of alkyl halides is 3. The molecule has 7 heteroatoms. The van der Waals surface area contributed by atoms with Crippen LogP contribution in [0.25, 0.3) is 10.8 Å². The van der Waals surface area contributed by atoms with Crippen molar-refractivity contribution in [3.8, 4) is 5.75 Å². The smallest absolute Gasteiger partial charge is 0.399 e. The van der Waals surface area contributed by atoms with Gasteiger partial charge in [-0.05, 0) is 76.9 Å². The number of benzene rings is 3. The molecule has 3 aromatic carbocycles. The minimum absolute atomic E-state index is 0.0588. The number of halogens is 6. The monoisotopic (exact) mass is 480 g/mol. The molecule has 0 spiro atoms. The first-order chi connectivity index (χ1) is 16.2. The lowest BCUT2D eigenvalue weighted by Crippen LogP contribution is -2.23. The Morgan fingerprint density at radius 3 is 2.29 bits per heavy atom. The Balaban J connectivity index is 1.79. The van der Waals surface area contributed by atoms with Gasteiger partial charge in [-0.15, -0.1) is 13.2 Å². The van der Waals surface area contributed by atoms with Crippen molar-refractivity contribution in [2.75, 3.05) is 0 Å². The summed E-state index contributed by atoms with van der Waals surface area (Å²) in [5.74, 6) is -4.96. The van der Waals surface area contributed by atoms with E-state index in [1.54, 1.807) is 6.07 Å². The zero-order chi connectivity index (χ0) is 24.5. The quantitative estimate of drug-likeness (QED) is 0.242. The molecule has 0 bridgehead atoms. The van der Waals surface area contributed by atoms with Crippen molar-refractivity contribution in [1.29, 1.82) is 0 Å². The third-order valence-electron chi connectivity index (χ3n) is 6.73. The van der Waals surface area contributed by atoms with E-state index in [1.165, 1.54) is 12.1 Å². The number of ether oxygens (including phenoxy) is 1. The minimum atomic E-state index is -5.20. The summed E-state index contributed by atoms with van der Waals surface area (Å²) in [6.07, 6.45) is 1.22. The Morgan fingerprint density at radius 2 is 1.62 bits per heavy atom. The Kier molecular flexibility index (Phi) is 7.10. The van der Waals surface area contributed by atoms with Crippen LogP contribution in [-0.2, 0) is 6.42 Å². The van der Waals surface area contributed by atoms with Gasteiger partial charge in [0.1, 0.15) is 5.82 Å². The van der Waals surface area contributed by atoms with Gasteiger partial charge >= 0.3 is 6.36 Å². The first-order valence-corrected chi connectivity index (χ1v) is 11.6. The average Bonchev–Trinajstić information content (AvgIpc) is 2.77. The highest BCUT2D eigenvalue weighted by atomic mass is 19.4. The van der Waals surface area contributed by atoms with Crippen molar-refractivity contribution in [2.24, 2.45) is 5.92 Å². The SMILES string of the molecule is CCCCCC[C@@H]1CCc2c(ccc3ccc(F)cc23)[C@H]1c1cc(F)c(OC(F)(F)F)c(F)c1. The van der Waals surface area contributed by atoms with Crippen molar-refractivity contribution in [1.82, 2.24) is 0 Å². The molecule has 0 radical (unpaired) electrons. The maximum Gasteiger partial charge on any atom is 0.573 e. The molecule has 0 aliphatic heterocycles. The highest BCUT2D eigenvalue weighted by molar-refractivity contribution is 5.87. The maximum atomic E-state index is 14.6. The van der Waals surface area contributed by atoms with Crippen molar-refractivity contribution >= 4 is 10.8 Å². The summed E-state index contributed by atoms with van der Waals surface area (Å²) >= 11 is 0. The highest BCUT2D eigenvalue weighted by Crippen LogP contribution is 2.46. The molecule has 0 amide bonds. The molecule has 0 unspecified atom stereocenters. The summed E-state index contributed by atoms with van der Waals surface area (Å²) in [5.41, 5.74) is 2.03. The Morgan fingerprint density at radius 1 is 0.912 bits per heavy atom. The molecule has 4 rings (SSSR count). The first kappa shape index (κ1) is 24.4. The number of hydrogen-bond donors (Lipinski definition) is 0. The summed E-state index contributed by atoms with van der Waals surface area (Å²) in [5, 5.41) is 1.62. The van der Waals surface area contributed by atoms with Crippen LogP contribution in [0.1, 0.15) is 68.1 Å². The van der Waals surface area contributed by atoms with E-state index in [0.29, 0.717) is 6.42 Å². The third-order valence-corrected chi connectivity index (χ3v) is 6.73. The second-order valence-electron chi connectivity index (χ2n) is 8.99. The number of rotatable bonds is 7. The van der Waals surface area contributed by atoms with Crippen LogP contribution in [0.5, 0.6) is 5.75 Å². The summed E-state index contributed by atoms with van der Waals surface area (Å²) in [6, 6.07) is 10.2. The van der Waals surface area contributed by atoms with Crippen LogP contribution in [0, 0.1) is 23.4 Å². The van der Waals surface area contributed by atoms with Crippen LogP contribution in [0.3, 0.4) is 0 Å². The molecule has 0 saturated heterocycles. The van der Waals surface area contributed by atoms with Crippen LogP contribution >= 0.6 is 0 Å². The topological polar surface area (TPSA) is 9.23 Å². The van der Waals surface area contributed by atoms with Crippen LogP contribution in [-0.4, -0.2) is 6.36 Å². The van der Waals surface area contributed by atoms with Gasteiger partial charge in [0, 0.05) is 5.92 Å². The molecule has 0 fully saturated rings. The lowest BCUT2D eigenvalue weighted by Gasteiger charge is -2.35.